The topological polar surface area (TPSA) is 63.4 Å². The number of likely N-dealkylation sites (N-methyl/N-ethyl adjacent to an activating group) is 1. The average molecular weight is 365 g/mol. The van der Waals surface area contributed by atoms with Crippen molar-refractivity contribution in [2.24, 2.45) is 0 Å². The van der Waals surface area contributed by atoms with Crippen LogP contribution in [0.1, 0.15) is 11.1 Å². The van der Waals surface area contributed by atoms with E-state index in [2.05, 4.69) is 0 Å². The van der Waals surface area contributed by atoms with E-state index in [0.717, 1.165) is 0 Å². The van der Waals surface area contributed by atoms with Gasteiger partial charge in [-0.1, -0.05) is 47.5 Å². The van der Waals surface area contributed by atoms with Gasteiger partial charge in [0.25, 0.3) is 5.69 Å². The fourth-order valence-corrected chi connectivity index (χ4v) is 2.63. The Morgan fingerprint density at radius 2 is 1.79 bits per heavy atom. The Morgan fingerprint density at radius 1 is 1.17 bits per heavy atom. The first-order chi connectivity index (χ1) is 11.4. The number of nitro benzene ring substituents is 1. The number of hydrogen-bond donors (Lipinski definition) is 0. The monoisotopic (exact) mass is 364 g/mol. The van der Waals surface area contributed by atoms with Gasteiger partial charge >= 0.3 is 0 Å². The molecule has 0 atom stereocenters. The van der Waals surface area contributed by atoms with Crippen molar-refractivity contribution in [1.29, 1.82) is 0 Å². The Hall–Kier alpha value is -2.37. The molecule has 0 spiro atoms. The third-order valence-electron chi connectivity index (χ3n) is 3.36. The van der Waals surface area contributed by atoms with E-state index < -0.39 is 4.92 Å². The van der Waals surface area contributed by atoms with Gasteiger partial charge in [0.2, 0.25) is 5.91 Å². The predicted molar refractivity (Wildman–Crippen MR) is 95.1 cm³/mol. The number of hydrogen-bond acceptors (Lipinski definition) is 3. The summed E-state index contributed by atoms with van der Waals surface area (Å²) in [4.78, 5) is 24.1. The molecule has 124 valence electrons. The smallest absolute Gasteiger partial charge is 0.274 e. The average Bonchev–Trinajstić information content (AvgIpc) is 2.54. The second-order valence-corrected chi connectivity index (χ2v) is 5.86. The molecule has 5 nitrogen and oxygen atoms in total. The molecule has 0 aromatic heterocycles. The number of benzene rings is 2. The van der Waals surface area contributed by atoms with E-state index in [1.807, 2.05) is 0 Å². The van der Waals surface area contributed by atoms with Gasteiger partial charge < -0.3 is 4.90 Å². The van der Waals surface area contributed by atoms with Crippen molar-refractivity contribution in [1.82, 2.24) is 4.90 Å². The SMILES string of the molecule is CN(Cc1ccccc1[N+](=O)[O-])C(=O)/C=C/c1c(Cl)cccc1Cl. The van der Waals surface area contributed by atoms with Crippen LogP contribution in [0.5, 0.6) is 0 Å². The first kappa shape index (κ1) is 18.0. The second-order valence-electron chi connectivity index (χ2n) is 5.05. The maximum Gasteiger partial charge on any atom is 0.274 e. The summed E-state index contributed by atoms with van der Waals surface area (Å²) in [5, 5.41) is 11.9. The number of para-hydroxylation sites is 1. The van der Waals surface area contributed by atoms with E-state index in [4.69, 9.17) is 23.2 Å². The molecule has 2 aromatic rings. The molecule has 0 aliphatic heterocycles. The maximum absolute atomic E-state index is 12.2. The number of nitrogens with zero attached hydrogens (tertiary/aromatic N) is 2. The van der Waals surface area contributed by atoms with Crippen molar-refractivity contribution in [2.75, 3.05) is 7.05 Å². The van der Waals surface area contributed by atoms with Crippen LogP contribution >= 0.6 is 23.2 Å². The summed E-state index contributed by atoms with van der Waals surface area (Å²) >= 11 is 12.1. The van der Waals surface area contributed by atoms with Crippen LogP contribution in [-0.2, 0) is 11.3 Å². The summed E-state index contributed by atoms with van der Waals surface area (Å²) in [6, 6.07) is 11.4. The van der Waals surface area contributed by atoms with Crippen LogP contribution in [0.15, 0.2) is 48.5 Å². The minimum absolute atomic E-state index is 0.0183. The van der Waals surface area contributed by atoms with Gasteiger partial charge in [-0.3, -0.25) is 14.9 Å². The Balaban J connectivity index is 2.13. The molecule has 0 aliphatic rings. The molecule has 0 N–H and O–H groups in total. The Labute approximate surface area is 149 Å². The van der Waals surface area contributed by atoms with Gasteiger partial charge in [-0.15, -0.1) is 0 Å². The van der Waals surface area contributed by atoms with Crippen LogP contribution in [0, 0.1) is 10.1 Å². The molecule has 2 rings (SSSR count). The lowest BCUT2D eigenvalue weighted by molar-refractivity contribution is -0.385. The Kier molecular flexibility index (Phi) is 5.95. The molecular formula is C17H14Cl2N2O3. The zero-order valence-corrected chi connectivity index (χ0v) is 14.3. The molecule has 24 heavy (non-hydrogen) atoms. The number of halogens is 2. The van der Waals surface area contributed by atoms with Crippen LogP contribution in [0.4, 0.5) is 5.69 Å². The maximum atomic E-state index is 12.2. The van der Waals surface area contributed by atoms with E-state index in [1.165, 1.54) is 23.1 Å². The third-order valence-corrected chi connectivity index (χ3v) is 4.02. The first-order valence-corrected chi connectivity index (χ1v) is 7.75. The van der Waals surface area contributed by atoms with E-state index in [0.29, 0.717) is 21.2 Å². The molecule has 0 saturated heterocycles. The van der Waals surface area contributed by atoms with Gasteiger partial charge in [0, 0.05) is 40.4 Å². The molecular weight excluding hydrogens is 351 g/mol. The molecule has 1 amide bonds. The van der Waals surface area contributed by atoms with E-state index >= 15 is 0 Å². The molecule has 2 aromatic carbocycles. The van der Waals surface area contributed by atoms with Crippen molar-refractivity contribution >= 4 is 40.9 Å². The second kappa shape index (κ2) is 7.95. The first-order valence-electron chi connectivity index (χ1n) is 6.99. The van der Waals surface area contributed by atoms with Crippen molar-refractivity contribution in [3.8, 4) is 0 Å². The third kappa shape index (κ3) is 4.34. The number of carbonyl (C=O) groups is 1. The lowest BCUT2D eigenvalue weighted by Gasteiger charge is -2.15. The highest BCUT2D eigenvalue weighted by Gasteiger charge is 2.15. The predicted octanol–water partition coefficient (Wildman–Crippen LogP) is 4.57. The summed E-state index contributed by atoms with van der Waals surface area (Å²) in [5.74, 6) is -0.316. The minimum Gasteiger partial charge on any atom is -0.338 e. The number of carbonyl (C=O) groups excluding carboxylic acids is 1. The lowest BCUT2D eigenvalue weighted by Crippen LogP contribution is -2.24. The number of nitro groups is 1. The van der Waals surface area contributed by atoms with Gasteiger partial charge in [0.05, 0.1) is 11.5 Å². The normalized spacial score (nSPS) is 10.8. The van der Waals surface area contributed by atoms with E-state index in [9.17, 15) is 14.9 Å². The van der Waals surface area contributed by atoms with Crippen LogP contribution in [-0.4, -0.2) is 22.8 Å². The quantitative estimate of drug-likeness (QED) is 0.443. The largest absolute Gasteiger partial charge is 0.338 e. The molecule has 0 aliphatic carbocycles. The van der Waals surface area contributed by atoms with E-state index in [-0.39, 0.29) is 18.1 Å². The summed E-state index contributed by atoms with van der Waals surface area (Å²) in [5.41, 5.74) is 0.992. The van der Waals surface area contributed by atoms with Crippen molar-refractivity contribution < 1.29 is 9.72 Å². The zero-order chi connectivity index (χ0) is 17.7. The highest BCUT2D eigenvalue weighted by atomic mass is 35.5. The van der Waals surface area contributed by atoms with Gasteiger partial charge in [0.15, 0.2) is 0 Å². The molecule has 0 radical (unpaired) electrons. The minimum atomic E-state index is -0.465. The fourth-order valence-electron chi connectivity index (χ4n) is 2.11. The van der Waals surface area contributed by atoms with Crippen LogP contribution in [0.3, 0.4) is 0 Å². The molecule has 7 heteroatoms. The van der Waals surface area contributed by atoms with Gasteiger partial charge in [0.1, 0.15) is 0 Å². The molecule has 0 unspecified atom stereocenters. The Morgan fingerprint density at radius 3 is 2.42 bits per heavy atom. The standard InChI is InChI=1S/C17H14Cl2N2O3/c1-20(11-12-5-2-3-8-16(12)21(23)24)17(22)10-9-13-14(18)6-4-7-15(13)19/h2-10H,11H2,1H3/b10-9+. The zero-order valence-electron chi connectivity index (χ0n) is 12.8. The molecule has 0 fully saturated rings. The summed E-state index contributed by atoms with van der Waals surface area (Å²) < 4.78 is 0. The van der Waals surface area contributed by atoms with Crippen LogP contribution in [0.25, 0.3) is 6.08 Å². The highest BCUT2D eigenvalue weighted by molar-refractivity contribution is 6.37. The number of rotatable bonds is 5. The van der Waals surface area contributed by atoms with Crippen molar-refractivity contribution in [3.63, 3.8) is 0 Å². The lowest BCUT2D eigenvalue weighted by atomic mass is 10.1. The van der Waals surface area contributed by atoms with Crippen LogP contribution in [0.2, 0.25) is 10.0 Å². The molecule has 0 heterocycles. The van der Waals surface area contributed by atoms with Gasteiger partial charge in [-0.05, 0) is 18.2 Å². The Bertz CT molecular complexity index is 786. The van der Waals surface area contributed by atoms with E-state index in [1.54, 1.807) is 43.4 Å². The van der Waals surface area contributed by atoms with Gasteiger partial charge in [-0.2, -0.15) is 0 Å². The fraction of sp³-hybridized carbons (Fsp3) is 0.118. The molecule has 0 bridgehead atoms. The summed E-state index contributed by atoms with van der Waals surface area (Å²) in [7, 11) is 1.57. The van der Waals surface area contributed by atoms with Crippen molar-refractivity contribution in [2.45, 2.75) is 6.54 Å². The summed E-state index contributed by atoms with van der Waals surface area (Å²) in [6.07, 6.45) is 2.87. The number of amides is 1. The summed E-state index contributed by atoms with van der Waals surface area (Å²) in [6.45, 7) is 0.122. The highest BCUT2D eigenvalue weighted by Crippen LogP contribution is 2.25. The van der Waals surface area contributed by atoms with Crippen molar-refractivity contribution in [3.05, 3.63) is 79.8 Å². The van der Waals surface area contributed by atoms with Gasteiger partial charge in [-0.25, -0.2) is 0 Å². The van der Waals surface area contributed by atoms with Crippen LogP contribution < -0.4 is 0 Å². The molecule has 0 saturated carbocycles.